The first kappa shape index (κ1) is 17.3. The van der Waals surface area contributed by atoms with Crippen molar-refractivity contribution in [3.63, 3.8) is 0 Å². The van der Waals surface area contributed by atoms with Crippen molar-refractivity contribution < 1.29 is 26.7 Å². The van der Waals surface area contributed by atoms with Crippen molar-refractivity contribution in [1.29, 1.82) is 0 Å². The van der Waals surface area contributed by atoms with Crippen LogP contribution in [0.4, 0.5) is 18.9 Å². The molecule has 0 heterocycles. The molecule has 4 nitrogen and oxygen atoms in total. The molecular weight excluding hydrogens is 331 g/mol. The van der Waals surface area contributed by atoms with Crippen LogP contribution in [0, 0.1) is 0 Å². The summed E-state index contributed by atoms with van der Waals surface area (Å²) in [6.07, 6.45) is -0.705. The van der Waals surface area contributed by atoms with E-state index < -0.39 is 21.6 Å². The predicted octanol–water partition coefficient (Wildman–Crippen LogP) is 3.22. The average Bonchev–Trinajstić information content (AvgIpc) is 2.47. The Labute approximate surface area is 131 Å². The van der Waals surface area contributed by atoms with Gasteiger partial charge in [-0.25, -0.2) is 0 Å². The number of hydrogen-bond donors (Lipinski definition) is 2. The zero-order valence-corrected chi connectivity index (χ0v) is 12.6. The van der Waals surface area contributed by atoms with Crippen LogP contribution in [0.3, 0.4) is 0 Å². The summed E-state index contributed by atoms with van der Waals surface area (Å²) < 4.78 is 60.7. The molecule has 2 N–H and O–H groups in total. The number of nitrogens with one attached hydrogen (secondary N) is 1. The van der Waals surface area contributed by atoms with Gasteiger partial charge in [-0.1, -0.05) is 42.5 Å². The van der Waals surface area contributed by atoms with E-state index in [1.165, 1.54) is 29.0 Å². The molecule has 0 bridgehead atoms. The summed E-state index contributed by atoms with van der Waals surface area (Å²) in [6, 6.07) is 14.3. The van der Waals surface area contributed by atoms with Crippen molar-refractivity contribution in [2.75, 3.05) is 4.72 Å². The Bertz CT molecular complexity index is 761. The molecule has 0 aliphatic carbocycles. The van der Waals surface area contributed by atoms with Crippen molar-refractivity contribution >= 4 is 15.7 Å². The molecule has 0 saturated heterocycles. The van der Waals surface area contributed by atoms with Gasteiger partial charge >= 0.3 is 15.5 Å². The van der Waals surface area contributed by atoms with Crippen LogP contribution in [0.5, 0.6) is 0 Å². The standard InChI is InChI=1S/C15H14F3NO3S/c16-15(17,18)23(21,22)19-13-8-4-7-12(10-13)14(20)9-11-5-2-1-3-6-11/h1-8,10,14,19-20H,9H2/t14-/m0/s1. The highest BCUT2D eigenvalue weighted by Crippen LogP contribution is 2.27. The van der Waals surface area contributed by atoms with Crippen LogP contribution < -0.4 is 4.72 Å². The highest BCUT2D eigenvalue weighted by molar-refractivity contribution is 7.93. The summed E-state index contributed by atoms with van der Waals surface area (Å²) in [7, 11) is -5.48. The number of halogens is 3. The van der Waals surface area contributed by atoms with E-state index in [9.17, 15) is 26.7 Å². The molecule has 0 aliphatic heterocycles. The maximum Gasteiger partial charge on any atom is 0.516 e. The molecule has 0 spiro atoms. The summed E-state index contributed by atoms with van der Waals surface area (Å²) in [5.41, 5.74) is -4.49. The fraction of sp³-hybridized carbons (Fsp3) is 0.200. The van der Waals surface area contributed by atoms with Crippen LogP contribution in [0.25, 0.3) is 0 Å². The molecule has 0 amide bonds. The van der Waals surface area contributed by atoms with Gasteiger partial charge in [-0.3, -0.25) is 4.72 Å². The minimum Gasteiger partial charge on any atom is -0.388 e. The number of aliphatic hydroxyl groups is 1. The van der Waals surface area contributed by atoms with Crippen molar-refractivity contribution in [2.45, 2.75) is 18.0 Å². The molecule has 2 rings (SSSR count). The Morgan fingerprint density at radius 2 is 1.70 bits per heavy atom. The molecule has 0 fully saturated rings. The molecule has 1 atom stereocenters. The second-order valence-electron chi connectivity index (χ2n) is 4.88. The second kappa shape index (κ2) is 6.59. The van der Waals surface area contributed by atoms with Crippen LogP contribution in [-0.2, 0) is 16.4 Å². The van der Waals surface area contributed by atoms with Gasteiger partial charge in [0.15, 0.2) is 0 Å². The van der Waals surface area contributed by atoms with Crippen LogP contribution >= 0.6 is 0 Å². The summed E-state index contributed by atoms with van der Waals surface area (Å²) in [4.78, 5) is 0. The maximum atomic E-state index is 12.4. The van der Waals surface area contributed by atoms with Gasteiger partial charge in [0.25, 0.3) is 0 Å². The molecular formula is C15H14F3NO3S. The lowest BCUT2D eigenvalue weighted by Crippen LogP contribution is -2.29. The molecule has 23 heavy (non-hydrogen) atoms. The van der Waals surface area contributed by atoms with E-state index in [0.29, 0.717) is 5.56 Å². The van der Waals surface area contributed by atoms with Gasteiger partial charge in [-0.2, -0.15) is 21.6 Å². The van der Waals surface area contributed by atoms with Crippen molar-refractivity contribution in [3.8, 4) is 0 Å². The number of benzene rings is 2. The third-order valence-electron chi connectivity index (χ3n) is 3.10. The normalized spacial score (nSPS) is 13.6. The molecule has 0 aliphatic rings. The highest BCUT2D eigenvalue weighted by atomic mass is 32.2. The summed E-state index contributed by atoms with van der Waals surface area (Å²) in [5.74, 6) is 0. The number of anilines is 1. The minimum atomic E-state index is -5.48. The maximum absolute atomic E-state index is 12.4. The lowest BCUT2D eigenvalue weighted by molar-refractivity contribution is -0.0429. The van der Waals surface area contributed by atoms with Crippen LogP contribution in [0.1, 0.15) is 17.2 Å². The number of hydrogen-bond acceptors (Lipinski definition) is 3. The third kappa shape index (κ3) is 4.46. The van der Waals surface area contributed by atoms with E-state index >= 15 is 0 Å². The molecule has 2 aromatic carbocycles. The first-order chi connectivity index (χ1) is 10.7. The Balaban J connectivity index is 2.17. The summed E-state index contributed by atoms with van der Waals surface area (Å²) in [6.45, 7) is 0. The number of aliphatic hydroxyl groups excluding tert-OH is 1. The fourth-order valence-corrected chi connectivity index (χ4v) is 2.53. The largest absolute Gasteiger partial charge is 0.516 e. The molecule has 0 saturated carbocycles. The van der Waals surface area contributed by atoms with Crippen molar-refractivity contribution in [1.82, 2.24) is 0 Å². The fourth-order valence-electron chi connectivity index (χ4n) is 1.98. The van der Waals surface area contributed by atoms with E-state index in [-0.39, 0.29) is 12.1 Å². The van der Waals surface area contributed by atoms with Gasteiger partial charge < -0.3 is 5.11 Å². The van der Waals surface area contributed by atoms with Gasteiger partial charge in [0.1, 0.15) is 0 Å². The van der Waals surface area contributed by atoms with Crippen molar-refractivity contribution in [2.24, 2.45) is 0 Å². The van der Waals surface area contributed by atoms with E-state index in [1.54, 1.807) is 24.3 Å². The van der Waals surface area contributed by atoms with Gasteiger partial charge in [0.2, 0.25) is 0 Å². The molecule has 124 valence electrons. The quantitative estimate of drug-likeness (QED) is 0.874. The smallest absolute Gasteiger partial charge is 0.388 e. The number of alkyl halides is 3. The van der Waals surface area contributed by atoms with Crippen molar-refractivity contribution in [3.05, 3.63) is 65.7 Å². The van der Waals surface area contributed by atoms with Gasteiger partial charge in [0, 0.05) is 12.1 Å². The highest BCUT2D eigenvalue weighted by Gasteiger charge is 2.46. The zero-order valence-electron chi connectivity index (χ0n) is 11.8. The first-order valence-electron chi connectivity index (χ1n) is 6.60. The lowest BCUT2D eigenvalue weighted by atomic mass is 10.0. The van der Waals surface area contributed by atoms with E-state index in [1.807, 2.05) is 6.07 Å². The van der Waals surface area contributed by atoms with E-state index in [0.717, 1.165) is 5.56 Å². The lowest BCUT2D eigenvalue weighted by Gasteiger charge is -2.14. The Hall–Kier alpha value is -2.06. The summed E-state index contributed by atoms with van der Waals surface area (Å²) in [5, 5.41) is 10.2. The SMILES string of the molecule is O=S(=O)(Nc1cccc([C@@H](O)Cc2ccccc2)c1)C(F)(F)F. The number of sulfonamides is 1. The predicted molar refractivity (Wildman–Crippen MR) is 80.1 cm³/mol. The Kier molecular flexibility index (Phi) is 4.96. The van der Waals surface area contributed by atoms with E-state index in [4.69, 9.17) is 0 Å². The Morgan fingerprint density at radius 3 is 2.30 bits per heavy atom. The minimum absolute atomic E-state index is 0.257. The monoisotopic (exact) mass is 345 g/mol. The van der Waals surface area contributed by atoms with E-state index in [2.05, 4.69) is 0 Å². The van der Waals surface area contributed by atoms with Crippen LogP contribution in [0.2, 0.25) is 0 Å². The number of rotatable bonds is 5. The topological polar surface area (TPSA) is 66.4 Å². The third-order valence-corrected chi connectivity index (χ3v) is 4.21. The molecule has 8 heteroatoms. The van der Waals surface area contributed by atoms with Gasteiger partial charge in [-0.15, -0.1) is 0 Å². The van der Waals surface area contributed by atoms with Gasteiger partial charge in [0.05, 0.1) is 6.10 Å². The van der Waals surface area contributed by atoms with Crippen LogP contribution in [0.15, 0.2) is 54.6 Å². The summed E-state index contributed by atoms with van der Waals surface area (Å²) >= 11 is 0. The second-order valence-corrected chi connectivity index (χ2v) is 6.56. The molecule has 0 unspecified atom stereocenters. The zero-order chi connectivity index (χ0) is 17.1. The Morgan fingerprint density at radius 1 is 1.04 bits per heavy atom. The molecule has 0 radical (unpaired) electrons. The molecule has 2 aromatic rings. The molecule has 0 aromatic heterocycles. The van der Waals surface area contributed by atoms with Gasteiger partial charge in [-0.05, 0) is 23.3 Å². The first-order valence-corrected chi connectivity index (χ1v) is 8.08. The van der Waals surface area contributed by atoms with Crippen LogP contribution in [-0.4, -0.2) is 19.0 Å². The average molecular weight is 345 g/mol.